The van der Waals surface area contributed by atoms with E-state index in [2.05, 4.69) is 5.32 Å². The third-order valence-corrected chi connectivity index (χ3v) is 4.07. The number of carbonyl (C=O) groups excluding carboxylic acids is 2. The monoisotopic (exact) mass is 333 g/mol. The summed E-state index contributed by atoms with van der Waals surface area (Å²) in [6.45, 7) is 2.18. The van der Waals surface area contributed by atoms with Crippen LogP contribution in [0.5, 0.6) is 0 Å². The molecule has 1 aromatic carbocycles. The zero-order chi connectivity index (χ0) is 17.7. The van der Waals surface area contributed by atoms with Crippen molar-refractivity contribution in [2.75, 3.05) is 33.7 Å². The zero-order valence-electron chi connectivity index (χ0n) is 14.0. The van der Waals surface area contributed by atoms with Gasteiger partial charge in [-0.2, -0.15) is 0 Å². The highest BCUT2D eigenvalue weighted by Crippen LogP contribution is 2.18. The third-order valence-electron chi connectivity index (χ3n) is 4.07. The first kappa shape index (κ1) is 17.9. The quantitative estimate of drug-likeness (QED) is 0.754. The summed E-state index contributed by atoms with van der Waals surface area (Å²) in [6.07, 6.45) is 0.247. The number of hydrogen-bond donors (Lipinski definition) is 2. The van der Waals surface area contributed by atoms with Crippen LogP contribution in [0.2, 0.25) is 0 Å². The fourth-order valence-corrected chi connectivity index (χ4v) is 2.58. The van der Waals surface area contributed by atoms with Crippen molar-refractivity contribution in [3.05, 3.63) is 35.4 Å². The van der Waals surface area contributed by atoms with Crippen LogP contribution in [0.15, 0.2) is 24.3 Å². The Hall–Kier alpha value is -2.41. The average molecular weight is 333 g/mol. The first-order valence-electron chi connectivity index (χ1n) is 7.89. The summed E-state index contributed by atoms with van der Waals surface area (Å²) in [6, 6.07) is 6.36. The van der Waals surface area contributed by atoms with E-state index in [1.54, 1.807) is 17.0 Å². The molecule has 24 heavy (non-hydrogen) atoms. The van der Waals surface area contributed by atoms with Gasteiger partial charge in [0.25, 0.3) is 0 Å². The first-order valence-corrected chi connectivity index (χ1v) is 7.89. The van der Waals surface area contributed by atoms with Crippen LogP contribution in [0.25, 0.3) is 0 Å². The summed E-state index contributed by atoms with van der Waals surface area (Å²) in [7, 11) is 3.89. The van der Waals surface area contributed by atoms with Crippen LogP contribution < -0.4 is 5.32 Å². The number of nitrogens with one attached hydrogen (secondary N) is 1. The van der Waals surface area contributed by atoms with E-state index < -0.39 is 5.97 Å². The second-order valence-electron chi connectivity index (χ2n) is 6.26. The van der Waals surface area contributed by atoms with E-state index in [1.165, 1.54) is 12.1 Å². The van der Waals surface area contributed by atoms with Crippen molar-refractivity contribution in [1.29, 1.82) is 0 Å². The molecule has 0 bridgehead atoms. The summed E-state index contributed by atoms with van der Waals surface area (Å²) in [5, 5.41) is 11.7. The van der Waals surface area contributed by atoms with Crippen LogP contribution in [0.1, 0.15) is 22.3 Å². The fraction of sp³-hybridized carbons (Fsp3) is 0.471. The summed E-state index contributed by atoms with van der Waals surface area (Å²) >= 11 is 0. The molecule has 0 saturated carbocycles. The number of nitrogens with zero attached hydrogens (tertiary/aromatic N) is 2. The molecule has 0 spiro atoms. The van der Waals surface area contributed by atoms with Crippen molar-refractivity contribution in [3.8, 4) is 0 Å². The molecule has 1 aromatic rings. The van der Waals surface area contributed by atoms with Gasteiger partial charge >= 0.3 is 5.97 Å². The van der Waals surface area contributed by atoms with E-state index in [9.17, 15) is 14.4 Å². The maximum atomic E-state index is 12.2. The van der Waals surface area contributed by atoms with E-state index in [1.807, 2.05) is 19.0 Å². The lowest BCUT2D eigenvalue weighted by Crippen LogP contribution is -2.35. The molecular formula is C17H23N3O4. The van der Waals surface area contributed by atoms with Crippen molar-refractivity contribution in [3.63, 3.8) is 0 Å². The van der Waals surface area contributed by atoms with Crippen molar-refractivity contribution in [2.45, 2.75) is 13.0 Å². The van der Waals surface area contributed by atoms with Gasteiger partial charge in [0.15, 0.2) is 0 Å². The molecule has 1 aliphatic rings. The predicted molar refractivity (Wildman–Crippen MR) is 88.5 cm³/mol. The molecule has 0 unspecified atom stereocenters. The van der Waals surface area contributed by atoms with Crippen LogP contribution >= 0.6 is 0 Å². The van der Waals surface area contributed by atoms with E-state index in [0.29, 0.717) is 19.6 Å². The summed E-state index contributed by atoms with van der Waals surface area (Å²) in [4.78, 5) is 38.7. The smallest absolute Gasteiger partial charge is 0.335 e. The number of amides is 2. The molecule has 2 rings (SSSR count). The number of likely N-dealkylation sites (tertiary alicyclic amines) is 1. The minimum absolute atomic E-state index is 0.0165. The minimum atomic E-state index is -0.979. The van der Waals surface area contributed by atoms with Crippen LogP contribution in [0.4, 0.5) is 0 Å². The third kappa shape index (κ3) is 4.79. The number of rotatable bonds is 7. The molecular weight excluding hydrogens is 310 g/mol. The Morgan fingerprint density at radius 2 is 1.96 bits per heavy atom. The second kappa shape index (κ2) is 7.92. The molecule has 2 N–H and O–H groups in total. The van der Waals surface area contributed by atoms with Gasteiger partial charge in [-0.3, -0.25) is 9.59 Å². The van der Waals surface area contributed by atoms with Gasteiger partial charge in [-0.1, -0.05) is 12.1 Å². The molecule has 7 nitrogen and oxygen atoms in total. The number of hydrogen-bond acceptors (Lipinski definition) is 4. The highest BCUT2D eigenvalue weighted by Gasteiger charge is 2.33. The standard InChI is InChI=1S/C17H23N3O4/c1-19(2)7-8-20-11-14(9-15(20)21)16(22)18-10-12-3-5-13(6-4-12)17(23)24/h3-6,14H,7-11H2,1-2H3,(H,18,22)(H,23,24)/t14-/m0/s1. The van der Waals surface area contributed by atoms with Crippen molar-refractivity contribution in [2.24, 2.45) is 5.92 Å². The minimum Gasteiger partial charge on any atom is -0.478 e. The highest BCUT2D eigenvalue weighted by molar-refractivity contribution is 5.89. The zero-order valence-corrected chi connectivity index (χ0v) is 14.0. The van der Waals surface area contributed by atoms with Crippen molar-refractivity contribution < 1.29 is 19.5 Å². The molecule has 0 aromatic heterocycles. The number of carboxylic acid groups (broad SMARTS) is 1. The van der Waals surface area contributed by atoms with E-state index in [0.717, 1.165) is 12.1 Å². The normalized spacial score (nSPS) is 17.4. The van der Waals surface area contributed by atoms with Gasteiger partial charge in [-0.25, -0.2) is 4.79 Å². The molecule has 130 valence electrons. The second-order valence-corrected chi connectivity index (χ2v) is 6.26. The van der Waals surface area contributed by atoms with E-state index in [-0.39, 0.29) is 29.7 Å². The molecule has 1 aliphatic heterocycles. The molecule has 0 radical (unpaired) electrons. The number of likely N-dealkylation sites (N-methyl/N-ethyl adjacent to an activating group) is 1. The Labute approximate surface area is 141 Å². The predicted octanol–water partition coefficient (Wildman–Crippen LogP) is 0.411. The maximum absolute atomic E-state index is 12.2. The Kier molecular flexibility index (Phi) is 5.92. The van der Waals surface area contributed by atoms with Gasteiger partial charge in [0.1, 0.15) is 0 Å². The highest BCUT2D eigenvalue weighted by atomic mass is 16.4. The summed E-state index contributed by atoms with van der Waals surface area (Å²) in [5.41, 5.74) is 1.03. The topological polar surface area (TPSA) is 89.9 Å². The molecule has 1 fully saturated rings. The SMILES string of the molecule is CN(C)CCN1C[C@@H](C(=O)NCc2ccc(C(=O)O)cc2)CC1=O. The van der Waals surface area contributed by atoms with Crippen molar-refractivity contribution >= 4 is 17.8 Å². The lowest BCUT2D eigenvalue weighted by molar-refractivity contribution is -0.129. The Morgan fingerprint density at radius 3 is 2.54 bits per heavy atom. The van der Waals surface area contributed by atoms with Crippen LogP contribution in [0, 0.1) is 5.92 Å². The Bertz CT molecular complexity index is 613. The fourth-order valence-electron chi connectivity index (χ4n) is 2.58. The largest absolute Gasteiger partial charge is 0.478 e. The van der Waals surface area contributed by atoms with Gasteiger partial charge in [0.2, 0.25) is 11.8 Å². The van der Waals surface area contributed by atoms with Crippen LogP contribution in [0.3, 0.4) is 0 Å². The van der Waals surface area contributed by atoms with E-state index in [4.69, 9.17) is 5.11 Å². The molecule has 1 atom stereocenters. The molecule has 1 saturated heterocycles. The molecule has 7 heteroatoms. The number of aromatic carboxylic acids is 1. The van der Waals surface area contributed by atoms with Crippen LogP contribution in [-0.2, 0) is 16.1 Å². The number of carboxylic acids is 1. The van der Waals surface area contributed by atoms with E-state index >= 15 is 0 Å². The number of benzene rings is 1. The maximum Gasteiger partial charge on any atom is 0.335 e. The van der Waals surface area contributed by atoms with Gasteiger partial charge in [-0.15, -0.1) is 0 Å². The Morgan fingerprint density at radius 1 is 1.29 bits per heavy atom. The van der Waals surface area contributed by atoms with Gasteiger partial charge in [0.05, 0.1) is 11.5 Å². The van der Waals surface area contributed by atoms with Gasteiger partial charge in [-0.05, 0) is 31.8 Å². The summed E-state index contributed by atoms with van der Waals surface area (Å²) < 4.78 is 0. The van der Waals surface area contributed by atoms with Gasteiger partial charge < -0.3 is 20.2 Å². The summed E-state index contributed by atoms with van der Waals surface area (Å²) in [5.74, 6) is -1.42. The van der Waals surface area contributed by atoms with Crippen LogP contribution in [-0.4, -0.2) is 66.4 Å². The Balaban J connectivity index is 1.82. The van der Waals surface area contributed by atoms with Crippen molar-refractivity contribution in [1.82, 2.24) is 15.1 Å². The molecule has 0 aliphatic carbocycles. The number of carbonyl (C=O) groups is 3. The average Bonchev–Trinajstić information content (AvgIpc) is 2.92. The molecule has 2 amide bonds. The lowest BCUT2D eigenvalue weighted by atomic mass is 10.1. The molecule has 1 heterocycles. The van der Waals surface area contributed by atoms with Gasteiger partial charge in [0, 0.05) is 32.6 Å². The lowest BCUT2D eigenvalue weighted by Gasteiger charge is -2.19. The first-order chi connectivity index (χ1) is 11.4.